The molecule has 0 fully saturated rings. The molecular weight excluding hydrogens is 316 g/mol. The molecule has 0 spiro atoms. The van der Waals surface area contributed by atoms with Gasteiger partial charge in [0, 0.05) is 29.5 Å². The van der Waals surface area contributed by atoms with Crippen molar-refractivity contribution in [3.8, 4) is 0 Å². The quantitative estimate of drug-likeness (QED) is 0.898. The van der Waals surface area contributed by atoms with E-state index in [1.54, 1.807) is 53.7 Å². The molecule has 0 atom stereocenters. The number of benzene rings is 1. The van der Waals surface area contributed by atoms with E-state index in [9.17, 15) is 9.59 Å². The zero-order valence-electron chi connectivity index (χ0n) is 13.1. The van der Waals surface area contributed by atoms with Crippen molar-refractivity contribution in [3.05, 3.63) is 40.3 Å². The van der Waals surface area contributed by atoms with E-state index in [-0.39, 0.29) is 6.03 Å². The molecule has 8 heteroatoms. The van der Waals surface area contributed by atoms with Crippen molar-refractivity contribution in [1.29, 1.82) is 0 Å². The number of thiazole rings is 1. The lowest BCUT2D eigenvalue weighted by atomic mass is 10.3. The molecule has 122 valence electrons. The van der Waals surface area contributed by atoms with Crippen molar-refractivity contribution in [2.75, 3.05) is 24.8 Å². The Morgan fingerprint density at radius 1 is 1.30 bits per heavy atom. The number of aromatic nitrogens is 1. The lowest BCUT2D eigenvalue weighted by Gasteiger charge is -2.17. The van der Waals surface area contributed by atoms with Crippen LogP contribution in [0.5, 0.6) is 0 Å². The van der Waals surface area contributed by atoms with Crippen LogP contribution in [0.25, 0.3) is 0 Å². The minimum atomic E-state index is -0.564. The summed E-state index contributed by atoms with van der Waals surface area (Å²) in [5.74, 6) is 0. The number of anilines is 2. The molecule has 23 heavy (non-hydrogen) atoms. The molecule has 0 saturated carbocycles. The number of urea groups is 1. The molecule has 1 aromatic carbocycles. The molecule has 0 aliphatic carbocycles. The number of hydrogen-bond donors (Lipinski definition) is 2. The van der Waals surface area contributed by atoms with Gasteiger partial charge in [-0.3, -0.25) is 5.32 Å². The first-order valence-corrected chi connectivity index (χ1v) is 7.68. The van der Waals surface area contributed by atoms with Gasteiger partial charge in [0.25, 0.3) is 0 Å². The van der Waals surface area contributed by atoms with Gasteiger partial charge in [-0.1, -0.05) is 6.07 Å². The van der Waals surface area contributed by atoms with Crippen molar-refractivity contribution < 1.29 is 14.3 Å². The van der Waals surface area contributed by atoms with E-state index in [4.69, 9.17) is 0 Å². The third-order valence-electron chi connectivity index (χ3n) is 2.95. The molecule has 3 amide bonds. The highest BCUT2D eigenvalue weighted by Gasteiger charge is 2.11. The first kappa shape index (κ1) is 16.8. The maximum absolute atomic E-state index is 12.2. The van der Waals surface area contributed by atoms with Gasteiger partial charge in [0.05, 0.1) is 18.7 Å². The fourth-order valence-electron chi connectivity index (χ4n) is 1.85. The van der Waals surface area contributed by atoms with Gasteiger partial charge in [0.15, 0.2) is 0 Å². The molecule has 2 rings (SSSR count). The summed E-state index contributed by atoms with van der Waals surface area (Å²) in [5, 5.41) is 6.29. The highest BCUT2D eigenvalue weighted by molar-refractivity contribution is 7.11. The lowest BCUT2D eigenvalue weighted by molar-refractivity contribution is 0.187. The van der Waals surface area contributed by atoms with E-state index in [1.807, 2.05) is 6.92 Å². The minimum absolute atomic E-state index is 0.244. The Labute approximate surface area is 138 Å². The Bertz CT molecular complexity index is 702. The first-order valence-electron chi connectivity index (χ1n) is 6.86. The lowest BCUT2D eigenvalue weighted by Crippen LogP contribution is -2.30. The third kappa shape index (κ3) is 4.96. The van der Waals surface area contributed by atoms with Crippen LogP contribution in [0.1, 0.15) is 9.88 Å². The van der Waals surface area contributed by atoms with Gasteiger partial charge < -0.3 is 15.0 Å². The van der Waals surface area contributed by atoms with Crippen molar-refractivity contribution >= 4 is 34.8 Å². The number of carbonyl (C=O) groups excluding carboxylic acids is 2. The Hall–Kier alpha value is -2.61. The van der Waals surface area contributed by atoms with Crippen molar-refractivity contribution in [1.82, 2.24) is 9.88 Å². The molecule has 0 saturated heterocycles. The van der Waals surface area contributed by atoms with E-state index in [0.717, 1.165) is 9.88 Å². The van der Waals surface area contributed by atoms with Crippen molar-refractivity contribution in [3.63, 3.8) is 0 Å². The SMILES string of the molecule is COC(=O)Nc1cccc(NC(=O)N(C)Cc2cnc(C)s2)c1. The van der Waals surface area contributed by atoms with Gasteiger partial charge in [-0.2, -0.15) is 0 Å². The molecule has 0 aliphatic heterocycles. The van der Waals surface area contributed by atoms with Gasteiger partial charge in [-0.25, -0.2) is 14.6 Å². The van der Waals surface area contributed by atoms with E-state index in [0.29, 0.717) is 17.9 Å². The van der Waals surface area contributed by atoms with Crippen LogP contribution in [-0.2, 0) is 11.3 Å². The number of nitrogens with one attached hydrogen (secondary N) is 2. The normalized spacial score (nSPS) is 10.0. The van der Waals surface area contributed by atoms with Crippen LogP contribution >= 0.6 is 11.3 Å². The maximum Gasteiger partial charge on any atom is 0.411 e. The topological polar surface area (TPSA) is 83.6 Å². The molecular formula is C15H18N4O3S. The fourth-order valence-corrected chi connectivity index (χ4v) is 2.69. The summed E-state index contributed by atoms with van der Waals surface area (Å²) in [4.78, 5) is 30.1. The largest absolute Gasteiger partial charge is 0.453 e. The average Bonchev–Trinajstić information content (AvgIpc) is 2.92. The molecule has 0 radical (unpaired) electrons. The smallest absolute Gasteiger partial charge is 0.411 e. The average molecular weight is 334 g/mol. The van der Waals surface area contributed by atoms with E-state index >= 15 is 0 Å². The summed E-state index contributed by atoms with van der Waals surface area (Å²) in [6.45, 7) is 2.41. The summed E-state index contributed by atoms with van der Waals surface area (Å²) >= 11 is 1.56. The number of aryl methyl sites for hydroxylation is 1. The predicted molar refractivity (Wildman–Crippen MR) is 89.8 cm³/mol. The number of nitrogens with zero attached hydrogens (tertiary/aromatic N) is 2. The van der Waals surface area contributed by atoms with Crippen LogP contribution in [0.4, 0.5) is 21.0 Å². The maximum atomic E-state index is 12.2. The summed E-state index contributed by atoms with van der Waals surface area (Å²) in [5.41, 5.74) is 1.12. The highest BCUT2D eigenvalue weighted by atomic mass is 32.1. The highest BCUT2D eigenvalue weighted by Crippen LogP contribution is 2.17. The second kappa shape index (κ2) is 7.59. The number of ether oxygens (including phenoxy) is 1. The molecule has 0 aliphatic rings. The molecule has 0 unspecified atom stereocenters. The molecule has 2 aromatic rings. The number of rotatable bonds is 4. The van der Waals surface area contributed by atoms with Crippen LogP contribution in [0, 0.1) is 6.92 Å². The Kier molecular flexibility index (Phi) is 5.53. The molecule has 1 heterocycles. The Morgan fingerprint density at radius 3 is 2.61 bits per heavy atom. The van der Waals surface area contributed by atoms with Crippen molar-refractivity contribution in [2.24, 2.45) is 0 Å². The first-order chi connectivity index (χ1) is 11.0. The predicted octanol–water partition coefficient (Wildman–Crippen LogP) is 3.29. The van der Waals surface area contributed by atoms with Crippen LogP contribution in [0.2, 0.25) is 0 Å². The number of methoxy groups -OCH3 is 1. The third-order valence-corrected chi connectivity index (χ3v) is 3.85. The zero-order chi connectivity index (χ0) is 16.8. The second-order valence-corrected chi connectivity index (χ2v) is 6.15. The summed E-state index contributed by atoms with van der Waals surface area (Å²) in [7, 11) is 3.00. The monoisotopic (exact) mass is 334 g/mol. The van der Waals surface area contributed by atoms with Gasteiger partial charge in [0.1, 0.15) is 0 Å². The van der Waals surface area contributed by atoms with Crippen LogP contribution in [0.3, 0.4) is 0 Å². The van der Waals surface area contributed by atoms with E-state index in [2.05, 4.69) is 20.4 Å². The van der Waals surface area contributed by atoms with Crippen molar-refractivity contribution in [2.45, 2.75) is 13.5 Å². The molecule has 2 N–H and O–H groups in total. The molecule has 7 nitrogen and oxygen atoms in total. The van der Waals surface area contributed by atoms with Gasteiger partial charge in [-0.15, -0.1) is 11.3 Å². The summed E-state index contributed by atoms with van der Waals surface area (Å²) in [6.07, 6.45) is 1.20. The standard InChI is InChI=1S/C15H18N4O3S/c1-10-16-8-13(23-10)9-19(2)14(20)17-11-5-4-6-12(7-11)18-15(21)22-3/h4-8H,9H2,1-3H3,(H,17,20)(H,18,21). The van der Waals surface area contributed by atoms with Crippen LogP contribution in [0.15, 0.2) is 30.5 Å². The van der Waals surface area contributed by atoms with E-state index in [1.165, 1.54) is 7.11 Å². The number of hydrogen-bond acceptors (Lipinski definition) is 5. The minimum Gasteiger partial charge on any atom is -0.453 e. The summed E-state index contributed by atoms with van der Waals surface area (Å²) < 4.78 is 4.53. The van der Waals surface area contributed by atoms with Gasteiger partial charge >= 0.3 is 12.1 Å². The summed E-state index contributed by atoms with van der Waals surface area (Å²) in [6, 6.07) is 6.58. The zero-order valence-corrected chi connectivity index (χ0v) is 13.9. The fraction of sp³-hybridized carbons (Fsp3) is 0.267. The number of carbonyl (C=O) groups is 2. The second-order valence-electron chi connectivity index (χ2n) is 4.83. The van der Waals surface area contributed by atoms with E-state index < -0.39 is 6.09 Å². The number of amides is 3. The Morgan fingerprint density at radius 2 is 2.00 bits per heavy atom. The molecule has 0 bridgehead atoms. The van der Waals surface area contributed by atoms with Crippen LogP contribution in [-0.4, -0.2) is 36.2 Å². The van der Waals surface area contributed by atoms with Gasteiger partial charge in [0.2, 0.25) is 0 Å². The van der Waals surface area contributed by atoms with Crippen LogP contribution < -0.4 is 10.6 Å². The molecule has 1 aromatic heterocycles. The van der Waals surface area contributed by atoms with Gasteiger partial charge in [-0.05, 0) is 25.1 Å². The Balaban J connectivity index is 1.96.